The Labute approximate surface area is 300 Å². The van der Waals surface area contributed by atoms with Gasteiger partial charge < -0.3 is 25.0 Å². The van der Waals surface area contributed by atoms with Crippen LogP contribution in [0, 0.1) is 23.7 Å². The average molecular weight is 707 g/mol. The van der Waals surface area contributed by atoms with Crippen LogP contribution in [0.2, 0.25) is 0 Å². The molecule has 2 aliphatic heterocycles. The number of carbonyl (C=O) groups excluding carboxylic acids is 4. The maximum atomic E-state index is 14.3. The second-order valence-corrected chi connectivity index (χ2v) is 16.9. The third-order valence-corrected chi connectivity index (χ3v) is 12.4. The lowest BCUT2D eigenvalue weighted by molar-refractivity contribution is -0.142. The monoisotopic (exact) mass is 706 g/mol. The van der Waals surface area contributed by atoms with Crippen LogP contribution in [0.15, 0.2) is 24.3 Å². The minimum absolute atomic E-state index is 0.0133. The molecule has 3 atom stereocenters. The van der Waals surface area contributed by atoms with Crippen LogP contribution in [-0.4, -0.2) is 64.2 Å². The summed E-state index contributed by atoms with van der Waals surface area (Å²) in [4.78, 5) is 55.7. The zero-order valence-corrected chi connectivity index (χ0v) is 30.5. The van der Waals surface area contributed by atoms with Gasteiger partial charge in [0.05, 0.1) is 11.6 Å². The quantitative estimate of drug-likeness (QED) is 0.284. The molecular weight excluding hydrogens is 651 g/mol. The summed E-state index contributed by atoms with van der Waals surface area (Å²) in [6, 6.07) is 6.48. The Morgan fingerprint density at radius 1 is 0.961 bits per heavy atom. The third-order valence-electron chi connectivity index (χ3n) is 12.4. The van der Waals surface area contributed by atoms with Gasteiger partial charge in [0.15, 0.2) is 5.72 Å². The molecule has 1 aromatic carbocycles. The number of esters is 1. The normalized spacial score (nSPS) is 27.2. The molecule has 278 valence electrons. The van der Waals surface area contributed by atoms with E-state index in [1.54, 1.807) is 20.8 Å². The molecule has 3 amide bonds. The third kappa shape index (κ3) is 7.23. The first-order valence-corrected chi connectivity index (χ1v) is 19.5. The van der Waals surface area contributed by atoms with Crippen molar-refractivity contribution in [2.24, 2.45) is 23.7 Å². The van der Waals surface area contributed by atoms with E-state index in [1.807, 2.05) is 29.2 Å². The molecule has 0 unspecified atom stereocenters. The number of aromatic nitrogens is 1. The van der Waals surface area contributed by atoms with Crippen molar-refractivity contribution in [3.63, 3.8) is 0 Å². The van der Waals surface area contributed by atoms with Crippen LogP contribution in [0.3, 0.4) is 0 Å². The van der Waals surface area contributed by atoms with Crippen molar-refractivity contribution in [1.29, 1.82) is 0 Å². The number of hydrogen-bond acceptors (Lipinski definition) is 6. The van der Waals surface area contributed by atoms with Gasteiger partial charge in [0.25, 0.3) is 0 Å². The van der Waals surface area contributed by atoms with Crippen molar-refractivity contribution >= 4 is 40.5 Å². The van der Waals surface area contributed by atoms with E-state index in [9.17, 15) is 23.6 Å². The van der Waals surface area contributed by atoms with Crippen molar-refractivity contribution in [3.05, 3.63) is 30.0 Å². The fourth-order valence-corrected chi connectivity index (χ4v) is 10.00. The van der Waals surface area contributed by atoms with Gasteiger partial charge in [0, 0.05) is 36.4 Å². The molecule has 4 fully saturated rings. The Hall–Kier alpha value is -3.63. The van der Waals surface area contributed by atoms with Gasteiger partial charge in [-0.3, -0.25) is 14.2 Å². The van der Waals surface area contributed by atoms with E-state index in [0.29, 0.717) is 49.5 Å². The van der Waals surface area contributed by atoms with Crippen molar-refractivity contribution in [2.75, 3.05) is 18.5 Å². The molecule has 3 heterocycles. The summed E-state index contributed by atoms with van der Waals surface area (Å²) >= 11 is 0. The second kappa shape index (κ2) is 14.4. The molecule has 2 aromatic rings. The maximum absolute atomic E-state index is 14.3. The van der Waals surface area contributed by atoms with Gasteiger partial charge in [-0.1, -0.05) is 38.5 Å². The molecule has 10 nitrogen and oxygen atoms in total. The molecule has 3 aliphatic carbocycles. The highest BCUT2D eigenvalue weighted by molar-refractivity contribution is 6.02. The lowest BCUT2D eigenvalue weighted by atomic mass is 9.76. The highest BCUT2D eigenvalue weighted by atomic mass is 19.1. The number of anilines is 1. The van der Waals surface area contributed by atoms with Crippen molar-refractivity contribution in [2.45, 2.75) is 140 Å². The van der Waals surface area contributed by atoms with Gasteiger partial charge in [0.1, 0.15) is 24.0 Å². The standard InChI is InChI=1S/C40H55FN4O6/c1-39(2,3)51-38(49)43-31(24-41)26-12-14-27(15-13-26)36(47)44-21-18-30(25-10-6-4-7-11-25)34(44)35(46)42-29-16-17-32-28(22-29)23-33-37(48)50-40(45(32)33)19-8-5-9-20-40/h16-17,22-23,25-27,30-31,34H,4-15,18-21,24H2,1-3H3,(H,42,46)(H,43,49)/t26-,27-,30-,31+,34-/m0/s1. The Bertz CT molecular complexity index is 1630. The second-order valence-electron chi connectivity index (χ2n) is 16.9. The van der Waals surface area contributed by atoms with E-state index in [4.69, 9.17) is 9.47 Å². The summed E-state index contributed by atoms with van der Waals surface area (Å²) in [7, 11) is 0. The van der Waals surface area contributed by atoms with E-state index in [2.05, 4.69) is 15.2 Å². The molecule has 1 aromatic heterocycles. The number of likely N-dealkylation sites (tertiary alicyclic amines) is 1. The number of alkyl halides is 1. The van der Waals surface area contributed by atoms with Crippen LogP contribution in [0.5, 0.6) is 0 Å². The molecule has 11 heteroatoms. The maximum Gasteiger partial charge on any atom is 0.407 e. The van der Waals surface area contributed by atoms with E-state index in [-0.39, 0.29) is 35.5 Å². The molecule has 3 saturated carbocycles. The molecule has 1 spiro atoms. The van der Waals surface area contributed by atoms with Crippen LogP contribution in [0.4, 0.5) is 14.9 Å². The number of alkyl carbamates (subject to hydrolysis) is 1. The average Bonchev–Trinajstić information content (AvgIpc) is 3.80. The summed E-state index contributed by atoms with van der Waals surface area (Å²) in [5.74, 6) is -0.250. The topological polar surface area (TPSA) is 119 Å². The van der Waals surface area contributed by atoms with Gasteiger partial charge >= 0.3 is 12.1 Å². The van der Waals surface area contributed by atoms with Crippen molar-refractivity contribution in [1.82, 2.24) is 14.8 Å². The van der Waals surface area contributed by atoms with Crippen molar-refractivity contribution in [3.8, 4) is 0 Å². The molecule has 0 radical (unpaired) electrons. The van der Waals surface area contributed by atoms with Crippen molar-refractivity contribution < 1.29 is 33.0 Å². The predicted octanol–water partition coefficient (Wildman–Crippen LogP) is 7.83. The number of rotatable bonds is 7. The van der Waals surface area contributed by atoms with E-state index >= 15 is 0 Å². The SMILES string of the molecule is CC(C)(C)OC(=O)N[C@H](CF)[C@H]1CC[C@H](C(=O)N2CC[C@@H](C3CCCCC3)[C@H]2C(=O)Nc2ccc3c(c2)cc2n3C3(CCCCC3)OC2=O)CC1. The summed E-state index contributed by atoms with van der Waals surface area (Å²) in [5.41, 5.74) is 0.857. The number of halogens is 1. The van der Waals surface area contributed by atoms with Crippen LogP contribution in [0.25, 0.3) is 10.9 Å². The minimum atomic E-state index is -0.692. The smallest absolute Gasteiger partial charge is 0.407 e. The fourth-order valence-electron chi connectivity index (χ4n) is 10.00. The first-order valence-electron chi connectivity index (χ1n) is 19.5. The molecular formula is C40H55FN4O6. The number of ether oxygens (including phenoxy) is 2. The number of benzene rings is 1. The Kier molecular flexibility index (Phi) is 10.1. The first-order chi connectivity index (χ1) is 24.5. The van der Waals surface area contributed by atoms with Crippen LogP contribution in [-0.2, 0) is 24.8 Å². The highest BCUT2D eigenvalue weighted by Gasteiger charge is 2.48. The largest absolute Gasteiger partial charge is 0.444 e. The predicted molar refractivity (Wildman–Crippen MR) is 192 cm³/mol. The van der Waals surface area contributed by atoms with E-state index in [1.165, 1.54) is 6.42 Å². The van der Waals surface area contributed by atoms with Crippen LogP contribution < -0.4 is 10.6 Å². The lowest BCUT2D eigenvalue weighted by Crippen LogP contribution is -2.50. The Balaban J connectivity index is 1.06. The highest BCUT2D eigenvalue weighted by Crippen LogP contribution is 2.46. The van der Waals surface area contributed by atoms with Gasteiger partial charge in [0.2, 0.25) is 11.8 Å². The number of nitrogens with one attached hydrogen (secondary N) is 2. The Morgan fingerprint density at radius 3 is 2.35 bits per heavy atom. The Morgan fingerprint density at radius 2 is 1.67 bits per heavy atom. The summed E-state index contributed by atoms with van der Waals surface area (Å²) in [5, 5.41) is 6.79. The van der Waals surface area contributed by atoms with Gasteiger partial charge in [-0.2, -0.15) is 0 Å². The van der Waals surface area contributed by atoms with E-state index < -0.39 is 36.2 Å². The molecule has 1 saturated heterocycles. The van der Waals surface area contributed by atoms with Gasteiger partial charge in [-0.25, -0.2) is 14.0 Å². The number of hydrogen-bond donors (Lipinski definition) is 2. The van der Waals surface area contributed by atoms with Crippen LogP contribution >= 0.6 is 0 Å². The molecule has 51 heavy (non-hydrogen) atoms. The molecule has 5 aliphatic rings. The van der Waals surface area contributed by atoms with E-state index in [0.717, 1.165) is 75.1 Å². The molecule has 0 bridgehead atoms. The fraction of sp³-hybridized carbons (Fsp3) is 0.700. The zero-order valence-electron chi connectivity index (χ0n) is 30.5. The number of fused-ring (bicyclic) bond motifs is 4. The molecule has 7 rings (SSSR count). The summed E-state index contributed by atoms with van der Waals surface area (Å²) < 4.78 is 27.5. The van der Waals surface area contributed by atoms with Gasteiger partial charge in [-0.05, 0) is 108 Å². The molecule has 2 N–H and O–H groups in total. The lowest BCUT2D eigenvalue weighted by Gasteiger charge is -2.37. The van der Waals surface area contributed by atoms with Gasteiger partial charge in [-0.15, -0.1) is 0 Å². The first kappa shape index (κ1) is 35.8. The zero-order chi connectivity index (χ0) is 35.9. The van der Waals surface area contributed by atoms with Crippen LogP contribution in [0.1, 0.15) is 128 Å². The summed E-state index contributed by atoms with van der Waals surface area (Å²) in [6.07, 6.45) is 13.1. The number of nitrogens with zero attached hydrogens (tertiary/aromatic N) is 2. The number of carbonyl (C=O) groups is 4. The minimum Gasteiger partial charge on any atom is -0.444 e. The summed E-state index contributed by atoms with van der Waals surface area (Å²) in [6.45, 7) is 5.18. The number of amides is 3.